The van der Waals surface area contributed by atoms with Crippen molar-refractivity contribution in [2.24, 2.45) is 5.73 Å². The molecule has 0 atom stereocenters. The summed E-state index contributed by atoms with van der Waals surface area (Å²) in [5.41, 5.74) is 9.02. The molecule has 100 valence electrons. The first kappa shape index (κ1) is 13.6. The van der Waals surface area contributed by atoms with Gasteiger partial charge in [-0.15, -0.1) is 0 Å². The molecule has 0 fully saturated rings. The fourth-order valence-corrected chi connectivity index (χ4v) is 1.94. The molecule has 1 aromatic carbocycles. The number of nitrogens with two attached hydrogens (primary N) is 1. The molecule has 0 saturated heterocycles. The van der Waals surface area contributed by atoms with Crippen LogP contribution >= 0.6 is 0 Å². The Kier molecular flexibility index (Phi) is 4.53. The van der Waals surface area contributed by atoms with Crippen molar-refractivity contribution in [2.75, 3.05) is 6.54 Å². The van der Waals surface area contributed by atoms with Crippen LogP contribution in [-0.4, -0.2) is 11.5 Å². The van der Waals surface area contributed by atoms with Crippen LogP contribution in [0.2, 0.25) is 0 Å². The van der Waals surface area contributed by atoms with E-state index in [2.05, 4.69) is 30.1 Å². The molecular formula is C16H20N2O. The van der Waals surface area contributed by atoms with Gasteiger partial charge in [0.1, 0.15) is 5.75 Å². The third-order valence-electron chi connectivity index (χ3n) is 3.07. The zero-order valence-electron chi connectivity index (χ0n) is 11.5. The number of hydrogen-bond acceptors (Lipinski definition) is 3. The van der Waals surface area contributed by atoms with E-state index in [1.807, 2.05) is 25.3 Å². The summed E-state index contributed by atoms with van der Waals surface area (Å²) in [4.78, 5) is 4.36. The van der Waals surface area contributed by atoms with Gasteiger partial charge in [-0.05, 0) is 55.6 Å². The van der Waals surface area contributed by atoms with Gasteiger partial charge < -0.3 is 10.5 Å². The van der Waals surface area contributed by atoms with Crippen molar-refractivity contribution in [3.8, 4) is 11.6 Å². The van der Waals surface area contributed by atoms with Crippen molar-refractivity contribution in [1.82, 2.24) is 4.98 Å². The molecule has 0 amide bonds. The lowest BCUT2D eigenvalue weighted by molar-refractivity contribution is 0.458. The van der Waals surface area contributed by atoms with Crippen LogP contribution in [0, 0.1) is 6.92 Å². The number of benzene rings is 1. The van der Waals surface area contributed by atoms with Gasteiger partial charge in [0.05, 0.1) is 0 Å². The van der Waals surface area contributed by atoms with Crippen LogP contribution in [0.4, 0.5) is 0 Å². The average Bonchev–Trinajstić information content (AvgIpc) is 2.43. The number of nitrogens with zero attached hydrogens (tertiary/aromatic N) is 1. The minimum absolute atomic E-state index is 0.639. The van der Waals surface area contributed by atoms with Crippen LogP contribution in [0.5, 0.6) is 11.6 Å². The molecule has 2 aromatic rings. The Morgan fingerprint density at radius 2 is 1.89 bits per heavy atom. The molecule has 0 spiro atoms. The molecule has 19 heavy (non-hydrogen) atoms. The molecule has 1 heterocycles. The third-order valence-corrected chi connectivity index (χ3v) is 3.07. The summed E-state index contributed by atoms with van der Waals surface area (Å²) < 4.78 is 5.80. The van der Waals surface area contributed by atoms with Gasteiger partial charge in [-0.2, -0.15) is 0 Å². The van der Waals surface area contributed by atoms with Crippen molar-refractivity contribution in [2.45, 2.75) is 26.7 Å². The summed E-state index contributed by atoms with van der Waals surface area (Å²) in [7, 11) is 0. The highest BCUT2D eigenvalue weighted by molar-refractivity contribution is 5.35. The first-order chi connectivity index (χ1) is 9.22. The lowest BCUT2D eigenvalue weighted by Gasteiger charge is -2.09. The summed E-state index contributed by atoms with van der Waals surface area (Å²) in [6.07, 6.45) is 3.71. The fourth-order valence-electron chi connectivity index (χ4n) is 1.94. The van der Waals surface area contributed by atoms with Gasteiger partial charge in [-0.1, -0.05) is 19.1 Å². The van der Waals surface area contributed by atoms with Gasteiger partial charge in [0.15, 0.2) is 0 Å². The molecule has 1 aromatic heterocycles. The first-order valence-electron chi connectivity index (χ1n) is 6.65. The Balaban J connectivity index is 2.13. The predicted octanol–water partition coefficient (Wildman–Crippen LogP) is 3.25. The summed E-state index contributed by atoms with van der Waals surface area (Å²) in [5, 5.41) is 0. The zero-order valence-corrected chi connectivity index (χ0v) is 11.5. The normalized spacial score (nSPS) is 10.5. The molecule has 0 aliphatic rings. The fraction of sp³-hybridized carbons (Fsp3) is 0.312. The first-order valence-corrected chi connectivity index (χ1v) is 6.65. The molecule has 0 aliphatic heterocycles. The molecule has 3 heteroatoms. The zero-order chi connectivity index (χ0) is 13.7. The van der Waals surface area contributed by atoms with Crippen molar-refractivity contribution < 1.29 is 4.74 Å². The van der Waals surface area contributed by atoms with Crippen LogP contribution in [0.1, 0.15) is 23.6 Å². The smallest absolute Gasteiger partial charge is 0.222 e. The van der Waals surface area contributed by atoms with Crippen LogP contribution < -0.4 is 10.5 Å². The van der Waals surface area contributed by atoms with Crippen LogP contribution in [-0.2, 0) is 12.8 Å². The van der Waals surface area contributed by atoms with E-state index in [1.54, 1.807) is 0 Å². The standard InChI is InChI=1S/C16H20N2O/c1-3-13-4-6-15(7-5-13)19-16-12(2)10-14(8-9-17)11-18-16/h4-7,10-11H,3,8-9,17H2,1-2H3. The second-order valence-electron chi connectivity index (χ2n) is 4.60. The highest BCUT2D eigenvalue weighted by atomic mass is 16.5. The molecule has 0 aliphatic carbocycles. The van der Waals surface area contributed by atoms with E-state index in [-0.39, 0.29) is 0 Å². The van der Waals surface area contributed by atoms with Gasteiger partial charge in [0.2, 0.25) is 5.88 Å². The molecule has 3 nitrogen and oxygen atoms in total. The Bertz CT molecular complexity index is 535. The van der Waals surface area contributed by atoms with Gasteiger partial charge in [-0.25, -0.2) is 4.98 Å². The van der Waals surface area contributed by atoms with E-state index < -0.39 is 0 Å². The number of aryl methyl sites for hydroxylation is 2. The van der Waals surface area contributed by atoms with Crippen molar-refractivity contribution >= 4 is 0 Å². The Morgan fingerprint density at radius 3 is 2.47 bits per heavy atom. The number of hydrogen-bond donors (Lipinski definition) is 1. The minimum atomic E-state index is 0.639. The number of pyridine rings is 1. The topological polar surface area (TPSA) is 48.1 Å². The molecule has 0 bridgehead atoms. The Morgan fingerprint density at radius 1 is 1.16 bits per heavy atom. The molecule has 0 radical (unpaired) electrons. The number of ether oxygens (including phenoxy) is 1. The monoisotopic (exact) mass is 256 g/mol. The molecule has 2 rings (SSSR count). The highest BCUT2D eigenvalue weighted by Crippen LogP contribution is 2.23. The van der Waals surface area contributed by atoms with E-state index in [1.165, 1.54) is 5.56 Å². The van der Waals surface area contributed by atoms with Gasteiger partial charge >= 0.3 is 0 Å². The van der Waals surface area contributed by atoms with E-state index in [4.69, 9.17) is 10.5 Å². The highest BCUT2D eigenvalue weighted by Gasteiger charge is 2.04. The lowest BCUT2D eigenvalue weighted by Crippen LogP contribution is -2.03. The SMILES string of the molecule is CCc1ccc(Oc2ncc(CCN)cc2C)cc1. The van der Waals surface area contributed by atoms with E-state index in [0.717, 1.165) is 29.7 Å². The minimum Gasteiger partial charge on any atom is -0.439 e. The molecule has 0 saturated carbocycles. The van der Waals surface area contributed by atoms with E-state index in [9.17, 15) is 0 Å². The summed E-state index contributed by atoms with van der Waals surface area (Å²) in [5.74, 6) is 1.48. The second kappa shape index (κ2) is 6.34. The molecule has 0 unspecified atom stereocenters. The average molecular weight is 256 g/mol. The lowest BCUT2D eigenvalue weighted by atomic mass is 10.1. The van der Waals surface area contributed by atoms with Crippen molar-refractivity contribution in [1.29, 1.82) is 0 Å². The number of rotatable bonds is 5. The quantitative estimate of drug-likeness (QED) is 0.893. The maximum atomic E-state index is 5.80. The summed E-state index contributed by atoms with van der Waals surface area (Å²) in [6.45, 7) is 4.78. The number of aromatic nitrogens is 1. The van der Waals surface area contributed by atoms with Gasteiger partial charge in [0.25, 0.3) is 0 Å². The summed E-state index contributed by atoms with van der Waals surface area (Å²) >= 11 is 0. The largest absolute Gasteiger partial charge is 0.439 e. The van der Waals surface area contributed by atoms with Crippen molar-refractivity contribution in [3.63, 3.8) is 0 Å². The van der Waals surface area contributed by atoms with E-state index >= 15 is 0 Å². The summed E-state index contributed by atoms with van der Waals surface area (Å²) in [6, 6.07) is 10.2. The molecule has 2 N–H and O–H groups in total. The van der Waals surface area contributed by atoms with Crippen LogP contribution in [0.15, 0.2) is 36.5 Å². The third kappa shape index (κ3) is 3.55. The maximum Gasteiger partial charge on any atom is 0.222 e. The predicted molar refractivity (Wildman–Crippen MR) is 77.6 cm³/mol. The van der Waals surface area contributed by atoms with Crippen LogP contribution in [0.3, 0.4) is 0 Å². The van der Waals surface area contributed by atoms with Crippen molar-refractivity contribution in [3.05, 3.63) is 53.2 Å². The van der Waals surface area contributed by atoms with Gasteiger partial charge in [-0.3, -0.25) is 0 Å². The Labute approximate surface area is 114 Å². The molecular weight excluding hydrogens is 236 g/mol. The van der Waals surface area contributed by atoms with E-state index in [0.29, 0.717) is 12.4 Å². The van der Waals surface area contributed by atoms with Gasteiger partial charge in [0, 0.05) is 11.8 Å². The Hall–Kier alpha value is -1.87. The van der Waals surface area contributed by atoms with Crippen LogP contribution in [0.25, 0.3) is 0 Å². The second-order valence-corrected chi connectivity index (χ2v) is 4.60. The maximum absolute atomic E-state index is 5.80.